The Labute approximate surface area is 193 Å². The average Bonchev–Trinajstić information content (AvgIpc) is 3.28. The number of aromatic nitrogens is 1. The molecule has 2 aliphatic rings. The number of benzene rings is 1. The molecule has 4 unspecified atom stereocenters. The summed E-state index contributed by atoms with van der Waals surface area (Å²) in [4.78, 5) is 31.6. The van der Waals surface area contributed by atoms with E-state index in [4.69, 9.17) is 16.3 Å². The van der Waals surface area contributed by atoms with Crippen molar-refractivity contribution in [3.63, 3.8) is 0 Å². The number of esters is 1. The maximum absolute atomic E-state index is 13.2. The van der Waals surface area contributed by atoms with E-state index in [0.717, 1.165) is 24.9 Å². The molecule has 4 rings (SSSR count). The van der Waals surface area contributed by atoms with Gasteiger partial charge < -0.3 is 10.1 Å². The van der Waals surface area contributed by atoms with E-state index in [1.165, 1.54) is 5.56 Å². The van der Waals surface area contributed by atoms with Crippen molar-refractivity contribution < 1.29 is 14.3 Å². The lowest BCUT2D eigenvalue weighted by atomic mass is 9.75. The Hall–Kier alpha value is -2.15. The number of hydrogen-bond acceptors (Lipinski definition) is 5. The van der Waals surface area contributed by atoms with Gasteiger partial charge in [0.25, 0.3) is 0 Å². The lowest BCUT2D eigenvalue weighted by Crippen LogP contribution is -2.42. The van der Waals surface area contributed by atoms with Gasteiger partial charge in [0.1, 0.15) is 11.7 Å². The monoisotopic (exact) mass is 463 g/mol. The van der Waals surface area contributed by atoms with Crippen LogP contribution in [0.25, 0.3) is 0 Å². The van der Waals surface area contributed by atoms with Crippen LogP contribution in [0, 0.1) is 5.92 Å². The van der Waals surface area contributed by atoms with Crippen molar-refractivity contribution in [2.45, 2.75) is 44.3 Å². The van der Waals surface area contributed by atoms with Gasteiger partial charge in [-0.05, 0) is 37.0 Å². The molecule has 0 aliphatic carbocycles. The third-order valence-electron chi connectivity index (χ3n) is 6.18. The van der Waals surface area contributed by atoms with Crippen molar-refractivity contribution in [2.75, 3.05) is 13.2 Å². The van der Waals surface area contributed by atoms with Crippen molar-refractivity contribution in [2.24, 2.45) is 5.92 Å². The molecule has 8 heteroatoms. The molecule has 2 fully saturated rings. The minimum atomic E-state index is -0.417. The fraction of sp³-hybridized carbons (Fsp3) is 0.435. The number of hydrogen-bond donors (Lipinski definition) is 1. The maximum Gasteiger partial charge on any atom is 0.325 e. The van der Waals surface area contributed by atoms with Gasteiger partial charge in [0, 0.05) is 30.7 Å². The van der Waals surface area contributed by atoms with E-state index in [9.17, 15) is 9.59 Å². The van der Waals surface area contributed by atoms with E-state index in [-0.39, 0.29) is 48.8 Å². The van der Waals surface area contributed by atoms with Crippen LogP contribution in [0.4, 0.5) is 0 Å². The highest BCUT2D eigenvalue weighted by Gasteiger charge is 2.56. The molecule has 2 aromatic rings. The molecule has 0 spiro atoms. The Morgan fingerprint density at radius 2 is 1.90 bits per heavy atom. The van der Waals surface area contributed by atoms with Crippen LogP contribution in [0.1, 0.15) is 36.8 Å². The number of nitrogens with zero attached hydrogens (tertiary/aromatic N) is 2. The van der Waals surface area contributed by atoms with Gasteiger partial charge in [0.2, 0.25) is 5.91 Å². The number of carbonyl (C=O) groups is 2. The third-order valence-corrected chi connectivity index (χ3v) is 6.41. The van der Waals surface area contributed by atoms with E-state index >= 15 is 0 Å². The van der Waals surface area contributed by atoms with Crippen molar-refractivity contribution in [1.29, 1.82) is 0 Å². The van der Waals surface area contributed by atoms with Crippen LogP contribution in [-0.2, 0) is 20.9 Å². The van der Waals surface area contributed by atoms with Crippen LogP contribution >= 0.6 is 24.0 Å². The summed E-state index contributed by atoms with van der Waals surface area (Å²) < 4.78 is 4.95. The van der Waals surface area contributed by atoms with E-state index < -0.39 is 5.97 Å². The maximum atomic E-state index is 13.2. The van der Waals surface area contributed by atoms with Crippen LogP contribution in [0.2, 0.25) is 5.15 Å². The summed E-state index contributed by atoms with van der Waals surface area (Å²) in [6.07, 6.45) is 3.78. The van der Waals surface area contributed by atoms with Crippen molar-refractivity contribution >= 4 is 35.9 Å². The van der Waals surface area contributed by atoms with Gasteiger partial charge >= 0.3 is 5.97 Å². The van der Waals surface area contributed by atoms with Gasteiger partial charge in [-0.1, -0.05) is 48.0 Å². The van der Waals surface area contributed by atoms with Crippen LogP contribution in [0.5, 0.6) is 0 Å². The van der Waals surface area contributed by atoms with E-state index in [0.29, 0.717) is 11.8 Å². The van der Waals surface area contributed by atoms with E-state index in [2.05, 4.69) is 27.3 Å². The van der Waals surface area contributed by atoms with Crippen LogP contribution in [0.15, 0.2) is 48.7 Å². The van der Waals surface area contributed by atoms with Gasteiger partial charge in [0.15, 0.2) is 0 Å². The predicted octanol–water partition coefficient (Wildman–Crippen LogP) is 3.58. The van der Waals surface area contributed by atoms with Crippen molar-refractivity contribution in [1.82, 2.24) is 15.2 Å². The molecule has 1 amide bonds. The highest BCUT2D eigenvalue weighted by Crippen LogP contribution is 2.51. The van der Waals surface area contributed by atoms with Gasteiger partial charge in [-0.3, -0.25) is 14.5 Å². The predicted molar refractivity (Wildman–Crippen MR) is 121 cm³/mol. The number of rotatable bonds is 7. The second kappa shape index (κ2) is 10.4. The molecule has 6 nitrogen and oxygen atoms in total. The molecule has 2 saturated heterocycles. The zero-order valence-corrected chi connectivity index (χ0v) is 18.9. The number of carbonyl (C=O) groups excluding carboxylic acids is 2. The summed E-state index contributed by atoms with van der Waals surface area (Å²) in [7, 11) is 0. The average molecular weight is 464 g/mol. The molecular formula is C23H27Cl2N3O3. The number of halogens is 2. The molecule has 3 heterocycles. The van der Waals surface area contributed by atoms with Gasteiger partial charge in [-0.15, -0.1) is 12.4 Å². The number of pyridine rings is 1. The number of fused-ring (bicyclic) bond motifs is 2. The first-order chi connectivity index (χ1) is 14.6. The SMILES string of the molecule is CCOC(=O)CNC(=O)C1C(c2ccc(Cl)nc2)C2CCC1N2Cc1ccccc1.Cl. The molecular weight excluding hydrogens is 437 g/mol. The lowest BCUT2D eigenvalue weighted by molar-refractivity contribution is -0.144. The van der Waals surface area contributed by atoms with Crippen molar-refractivity contribution in [3.05, 3.63) is 64.9 Å². The van der Waals surface area contributed by atoms with Crippen LogP contribution in [-0.4, -0.2) is 47.0 Å². The lowest BCUT2D eigenvalue weighted by Gasteiger charge is -2.28. The first-order valence-corrected chi connectivity index (χ1v) is 10.8. The van der Waals surface area contributed by atoms with E-state index in [1.807, 2.05) is 24.3 Å². The largest absolute Gasteiger partial charge is 0.465 e. The molecule has 1 aromatic heterocycles. The Morgan fingerprint density at radius 3 is 2.58 bits per heavy atom. The standard InChI is InChI=1S/C23H26ClN3O3.ClH/c1-2-30-20(28)13-26-23(29)22-18-10-9-17(21(22)16-8-11-19(24)25-12-16)27(18)14-15-6-4-3-5-7-15;/h3-8,11-12,17-18,21-22H,2,9-10,13-14H2,1H3,(H,26,29);1H. The summed E-state index contributed by atoms with van der Waals surface area (Å²) in [5, 5.41) is 3.24. The number of ether oxygens (including phenoxy) is 1. The highest BCUT2D eigenvalue weighted by molar-refractivity contribution is 6.29. The minimum absolute atomic E-state index is 0. The molecule has 31 heavy (non-hydrogen) atoms. The summed E-state index contributed by atoms with van der Waals surface area (Å²) in [5.41, 5.74) is 2.25. The molecule has 0 radical (unpaired) electrons. The summed E-state index contributed by atoms with van der Waals surface area (Å²) in [6.45, 7) is 2.74. The topological polar surface area (TPSA) is 71.5 Å². The molecule has 1 N–H and O–H groups in total. The quantitative estimate of drug-likeness (QED) is 0.501. The molecule has 4 atom stereocenters. The Kier molecular flexibility index (Phi) is 7.92. The Morgan fingerprint density at radius 1 is 1.16 bits per heavy atom. The van der Waals surface area contributed by atoms with Gasteiger partial charge in [-0.25, -0.2) is 4.98 Å². The Balaban J connectivity index is 0.00000272. The second-order valence-electron chi connectivity index (χ2n) is 7.86. The summed E-state index contributed by atoms with van der Waals surface area (Å²) >= 11 is 5.99. The molecule has 166 valence electrons. The Bertz CT molecular complexity index is 895. The normalized spacial score (nSPS) is 24.5. The minimum Gasteiger partial charge on any atom is -0.465 e. The smallest absolute Gasteiger partial charge is 0.325 e. The molecule has 1 aromatic carbocycles. The van der Waals surface area contributed by atoms with Crippen LogP contribution in [0.3, 0.4) is 0 Å². The first kappa shape index (κ1) is 23.5. The summed E-state index contributed by atoms with van der Waals surface area (Å²) in [6, 6.07) is 14.4. The third kappa shape index (κ3) is 5.03. The van der Waals surface area contributed by atoms with Crippen molar-refractivity contribution in [3.8, 4) is 0 Å². The zero-order valence-electron chi connectivity index (χ0n) is 17.4. The highest BCUT2D eigenvalue weighted by atomic mass is 35.5. The fourth-order valence-corrected chi connectivity index (χ4v) is 5.15. The molecule has 0 saturated carbocycles. The fourth-order valence-electron chi connectivity index (χ4n) is 5.04. The molecule has 2 bridgehead atoms. The number of nitrogens with one attached hydrogen (secondary N) is 1. The molecule has 2 aliphatic heterocycles. The first-order valence-electron chi connectivity index (χ1n) is 10.4. The summed E-state index contributed by atoms with van der Waals surface area (Å²) in [5.74, 6) is -0.752. The van der Waals surface area contributed by atoms with Gasteiger partial charge in [0.05, 0.1) is 12.5 Å². The number of amides is 1. The second-order valence-corrected chi connectivity index (χ2v) is 8.25. The van der Waals surface area contributed by atoms with Gasteiger partial charge in [-0.2, -0.15) is 0 Å². The van der Waals surface area contributed by atoms with Crippen LogP contribution < -0.4 is 5.32 Å². The van der Waals surface area contributed by atoms with E-state index in [1.54, 1.807) is 19.2 Å². The zero-order chi connectivity index (χ0) is 21.1.